The number of hydrogen-bond acceptors (Lipinski definition) is 2. The van der Waals surface area contributed by atoms with Crippen LogP contribution in [-0.2, 0) is 7.05 Å². The van der Waals surface area contributed by atoms with Gasteiger partial charge >= 0.3 is 6.18 Å². The maximum atomic E-state index is 12.0. The van der Waals surface area contributed by atoms with Gasteiger partial charge in [0.25, 0.3) is 0 Å². The Morgan fingerprint density at radius 2 is 2.00 bits per heavy atom. The predicted molar refractivity (Wildman–Crippen MR) is 59.9 cm³/mol. The van der Waals surface area contributed by atoms with E-state index in [0.29, 0.717) is 5.95 Å². The molecule has 0 amide bonds. The summed E-state index contributed by atoms with van der Waals surface area (Å²) >= 11 is 0. The normalized spacial score (nSPS) is 12.0. The van der Waals surface area contributed by atoms with Crippen LogP contribution >= 0.6 is 0 Å². The second-order valence-electron chi connectivity index (χ2n) is 3.78. The molecule has 6 heteroatoms. The third-order valence-electron chi connectivity index (χ3n) is 2.48. The molecule has 0 unspecified atom stereocenters. The third-order valence-corrected chi connectivity index (χ3v) is 2.48. The van der Waals surface area contributed by atoms with Crippen molar-refractivity contribution in [1.29, 1.82) is 0 Å². The lowest BCUT2D eigenvalue weighted by molar-refractivity contribution is -0.131. The molecule has 0 fully saturated rings. The van der Waals surface area contributed by atoms with Crippen molar-refractivity contribution in [3.05, 3.63) is 24.3 Å². The van der Waals surface area contributed by atoms with Gasteiger partial charge in [0, 0.05) is 13.6 Å². The predicted octanol–water partition coefficient (Wildman–Crippen LogP) is 2.94. The minimum Gasteiger partial charge on any atom is -0.355 e. The van der Waals surface area contributed by atoms with Crippen molar-refractivity contribution in [3.63, 3.8) is 0 Å². The van der Waals surface area contributed by atoms with Crippen LogP contribution in [0.15, 0.2) is 24.3 Å². The maximum absolute atomic E-state index is 12.0. The van der Waals surface area contributed by atoms with Crippen molar-refractivity contribution >= 4 is 17.0 Å². The molecule has 2 rings (SSSR count). The van der Waals surface area contributed by atoms with Gasteiger partial charge < -0.3 is 9.88 Å². The summed E-state index contributed by atoms with van der Waals surface area (Å²) in [6, 6.07) is 7.40. The molecule has 0 saturated heterocycles. The van der Waals surface area contributed by atoms with Crippen molar-refractivity contribution in [3.8, 4) is 0 Å². The van der Waals surface area contributed by atoms with E-state index in [9.17, 15) is 13.2 Å². The molecular formula is C11H12F3N3. The first-order valence-corrected chi connectivity index (χ1v) is 5.19. The first kappa shape index (κ1) is 11.8. The number of imidazole rings is 1. The minimum atomic E-state index is -4.14. The van der Waals surface area contributed by atoms with Gasteiger partial charge in [-0.2, -0.15) is 13.2 Å². The average Bonchev–Trinajstić information content (AvgIpc) is 2.55. The van der Waals surface area contributed by atoms with Gasteiger partial charge in [0.2, 0.25) is 5.95 Å². The van der Waals surface area contributed by atoms with Crippen LogP contribution in [0.1, 0.15) is 6.42 Å². The minimum absolute atomic E-state index is 0.166. The second kappa shape index (κ2) is 4.27. The van der Waals surface area contributed by atoms with E-state index in [4.69, 9.17) is 0 Å². The molecule has 0 radical (unpaired) electrons. The summed E-state index contributed by atoms with van der Waals surface area (Å²) in [6.07, 6.45) is -5.01. The second-order valence-corrected chi connectivity index (χ2v) is 3.78. The number of anilines is 1. The van der Waals surface area contributed by atoms with E-state index < -0.39 is 12.6 Å². The number of aryl methyl sites for hydroxylation is 1. The lowest BCUT2D eigenvalue weighted by atomic mass is 10.3. The van der Waals surface area contributed by atoms with Crippen LogP contribution in [0.5, 0.6) is 0 Å². The Hall–Kier alpha value is -1.72. The quantitative estimate of drug-likeness (QED) is 0.898. The summed E-state index contributed by atoms with van der Waals surface area (Å²) < 4.78 is 37.7. The van der Waals surface area contributed by atoms with Gasteiger partial charge in [-0.15, -0.1) is 0 Å². The lowest BCUT2D eigenvalue weighted by Crippen LogP contribution is -2.16. The molecule has 0 aliphatic carbocycles. The van der Waals surface area contributed by atoms with Gasteiger partial charge in [0.15, 0.2) is 0 Å². The molecule has 92 valence electrons. The van der Waals surface area contributed by atoms with Crippen LogP contribution in [0.3, 0.4) is 0 Å². The van der Waals surface area contributed by atoms with Crippen LogP contribution in [0.25, 0.3) is 11.0 Å². The summed E-state index contributed by atoms with van der Waals surface area (Å²) in [4.78, 5) is 4.22. The first-order valence-electron chi connectivity index (χ1n) is 5.19. The molecule has 0 atom stereocenters. The van der Waals surface area contributed by atoms with Gasteiger partial charge in [0.1, 0.15) is 0 Å². The molecule has 1 heterocycles. The summed E-state index contributed by atoms with van der Waals surface area (Å²) in [5.41, 5.74) is 1.66. The largest absolute Gasteiger partial charge is 0.390 e. The Labute approximate surface area is 96.3 Å². The summed E-state index contributed by atoms with van der Waals surface area (Å²) in [7, 11) is 1.77. The number of alkyl halides is 3. The topological polar surface area (TPSA) is 29.9 Å². The average molecular weight is 243 g/mol. The number of fused-ring (bicyclic) bond motifs is 1. The molecule has 1 N–H and O–H groups in total. The zero-order valence-electron chi connectivity index (χ0n) is 9.25. The zero-order chi connectivity index (χ0) is 12.5. The smallest absolute Gasteiger partial charge is 0.355 e. The van der Waals surface area contributed by atoms with Crippen molar-refractivity contribution < 1.29 is 13.2 Å². The van der Waals surface area contributed by atoms with Gasteiger partial charge in [0.05, 0.1) is 17.5 Å². The number of benzene rings is 1. The zero-order valence-corrected chi connectivity index (χ0v) is 9.25. The van der Waals surface area contributed by atoms with E-state index in [-0.39, 0.29) is 6.54 Å². The number of para-hydroxylation sites is 2. The molecule has 17 heavy (non-hydrogen) atoms. The van der Waals surface area contributed by atoms with E-state index in [1.54, 1.807) is 11.6 Å². The molecule has 0 aliphatic heterocycles. The Bertz CT molecular complexity index is 516. The monoisotopic (exact) mass is 243 g/mol. The third kappa shape index (κ3) is 2.69. The number of rotatable bonds is 3. The van der Waals surface area contributed by atoms with E-state index in [1.807, 2.05) is 24.3 Å². The Morgan fingerprint density at radius 3 is 2.65 bits per heavy atom. The van der Waals surface area contributed by atoms with Crippen LogP contribution in [0.2, 0.25) is 0 Å². The highest BCUT2D eigenvalue weighted by Crippen LogP contribution is 2.21. The molecule has 0 bridgehead atoms. The Morgan fingerprint density at radius 1 is 1.29 bits per heavy atom. The number of nitrogens with zero attached hydrogens (tertiary/aromatic N) is 2. The molecule has 0 spiro atoms. The van der Waals surface area contributed by atoms with E-state index in [1.165, 1.54) is 0 Å². The highest BCUT2D eigenvalue weighted by atomic mass is 19.4. The van der Waals surface area contributed by atoms with E-state index >= 15 is 0 Å². The fourth-order valence-corrected chi connectivity index (χ4v) is 1.62. The SMILES string of the molecule is Cn1c(NCCC(F)(F)F)nc2ccccc21. The number of nitrogens with one attached hydrogen (secondary N) is 1. The van der Waals surface area contributed by atoms with Crippen LogP contribution in [0, 0.1) is 0 Å². The lowest BCUT2D eigenvalue weighted by Gasteiger charge is -2.08. The number of hydrogen-bond donors (Lipinski definition) is 1. The van der Waals surface area contributed by atoms with Crippen molar-refractivity contribution in [2.45, 2.75) is 12.6 Å². The van der Waals surface area contributed by atoms with E-state index in [2.05, 4.69) is 10.3 Å². The summed E-state index contributed by atoms with van der Waals surface area (Å²) in [6.45, 7) is -0.166. The fraction of sp³-hybridized carbons (Fsp3) is 0.364. The van der Waals surface area contributed by atoms with Gasteiger partial charge in [-0.05, 0) is 12.1 Å². The van der Waals surface area contributed by atoms with Gasteiger partial charge in [-0.3, -0.25) is 0 Å². The van der Waals surface area contributed by atoms with Gasteiger partial charge in [-0.1, -0.05) is 12.1 Å². The van der Waals surface area contributed by atoms with Crippen LogP contribution in [0.4, 0.5) is 19.1 Å². The molecule has 3 nitrogen and oxygen atoms in total. The Kier molecular flexibility index (Phi) is 2.95. The fourth-order valence-electron chi connectivity index (χ4n) is 1.62. The highest BCUT2D eigenvalue weighted by molar-refractivity contribution is 5.78. The molecule has 1 aromatic carbocycles. The standard InChI is InChI=1S/C11H12F3N3/c1-17-9-5-3-2-4-8(9)16-10(17)15-7-6-11(12,13)14/h2-5H,6-7H2,1H3,(H,15,16). The molecule has 2 aromatic rings. The molecule has 0 aliphatic rings. The number of aromatic nitrogens is 2. The first-order chi connectivity index (χ1) is 7.97. The molecule has 0 saturated carbocycles. The maximum Gasteiger partial charge on any atom is 0.390 e. The molecule has 1 aromatic heterocycles. The highest BCUT2D eigenvalue weighted by Gasteiger charge is 2.26. The van der Waals surface area contributed by atoms with Crippen molar-refractivity contribution in [2.24, 2.45) is 7.05 Å². The van der Waals surface area contributed by atoms with Crippen molar-refractivity contribution in [1.82, 2.24) is 9.55 Å². The number of halogens is 3. The Balaban J connectivity index is 2.11. The summed E-state index contributed by atoms with van der Waals surface area (Å²) in [5.74, 6) is 0.454. The molecular weight excluding hydrogens is 231 g/mol. The van der Waals surface area contributed by atoms with E-state index in [0.717, 1.165) is 11.0 Å². The van der Waals surface area contributed by atoms with Crippen LogP contribution < -0.4 is 5.32 Å². The van der Waals surface area contributed by atoms with Crippen LogP contribution in [-0.4, -0.2) is 22.3 Å². The summed E-state index contributed by atoms with van der Waals surface area (Å²) in [5, 5.41) is 2.69. The van der Waals surface area contributed by atoms with Gasteiger partial charge in [-0.25, -0.2) is 4.98 Å². The van der Waals surface area contributed by atoms with Crippen molar-refractivity contribution in [2.75, 3.05) is 11.9 Å².